The van der Waals surface area contributed by atoms with Crippen molar-refractivity contribution < 1.29 is 4.79 Å². The minimum atomic E-state index is 0.289. The summed E-state index contributed by atoms with van der Waals surface area (Å²) >= 11 is 0. The Balaban J connectivity index is 2.53. The summed E-state index contributed by atoms with van der Waals surface area (Å²) in [5, 5.41) is 0. The van der Waals surface area contributed by atoms with Crippen LogP contribution in [-0.2, 0) is 4.79 Å². The molecule has 1 rings (SSSR count). The van der Waals surface area contributed by atoms with Gasteiger partial charge in [-0.2, -0.15) is 0 Å². The molecule has 56 valence electrons. The van der Waals surface area contributed by atoms with Crippen LogP contribution in [0.4, 0.5) is 0 Å². The lowest BCUT2D eigenvalue weighted by molar-refractivity contribution is -0.115. The molecule has 1 nitrogen and oxygen atoms in total. The average Bonchev–Trinajstić information content (AvgIpc) is 1.88. The van der Waals surface area contributed by atoms with Gasteiger partial charge < -0.3 is 0 Å². The summed E-state index contributed by atoms with van der Waals surface area (Å²) in [6.07, 6.45) is 5.58. The molecule has 0 amide bonds. The molecular weight excluding hydrogens is 124 g/mol. The van der Waals surface area contributed by atoms with Crippen molar-refractivity contribution in [3.05, 3.63) is 12.2 Å². The van der Waals surface area contributed by atoms with Crippen LogP contribution in [0.1, 0.15) is 26.7 Å². The molecule has 1 aliphatic carbocycles. The Kier molecular flexibility index (Phi) is 2.25. The third kappa shape index (κ3) is 1.69. The Hall–Kier alpha value is -0.590. The van der Waals surface area contributed by atoms with Crippen molar-refractivity contribution in [3.63, 3.8) is 0 Å². The van der Waals surface area contributed by atoms with E-state index < -0.39 is 0 Å². The first kappa shape index (κ1) is 7.52. The topological polar surface area (TPSA) is 17.1 Å². The number of hydrogen-bond acceptors (Lipinski definition) is 1. The Labute approximate surface area is 62.1 Å². The molecule has 0 fully saturated rings. The van der Waals surface area contributed by atoms with Gasteiger partial charge in [-0.05, 0) is 24.3 Å². The molecule has 0 N–H and O–H groups in total. The molecule has 1 unspecified atom stereocenters. The maximum Gasteiger partial charge on any atom is 0.155 e. The molecule has 1 heteroatoms. The van der Waals surface area contributed by atoms with Gasteiger partial charge in [0.05, 0.1) is 0 Å². The van der Waals surface area contributed by atoms with E-state index in [1.54, 1.807) is 6.08 Å². The van der Waals surface area contributed by atoms with Crippen LogP contribution in [0.5, 0.6) is 0 Å². The quantitative estimate of drug-likeness (QED) is 0.542. The van der Waals surface area contributed by atoms with E-state index in [4.69, 9.17) is 0 Å². The smallest absolute Gasteiger partial charge is 0.155 e. The molecule has 0 heterocycles. The zero-order chi connectivity index (χ0) is 7.56. The van der Waals surface area contributed by atoms with E-state index in [9.17, 15) is 4.79 Å². The van der Waals surface area contributed by atoms with Crippen molar-refractivity contribution in [1.82, 2.24) is 0 Å². The van der Waals surface area contributed by atoms with Crippen LogP contribution in [0.15, 0.2) is 12.2 Å². The third-order valence-corrected chi connectivity index (χ3v) is 2.11. The van der Waals surface area contributed by atoms with Crippen LogP contribution in [0.25, 0.3) is 0 Å². The second-order valence-corrected chi connectivity index (χ2v) is 3.27. The van der Waals surface area contributed by atoms with E-state index in [2.05, 4.69) is 19.9 Å². The number of allylic oxidation sites excluding steroid dienone is 2. The molecule has 0 bridgehead atoms. The second-order valence-electron chi connectivity index (χ2n) is 3.27. The van der Waals surface area contributed by atoms with Crippen molar-refractivity contribution >= 4 is 5.78 Å². The summed E-state index contributed by atoms with van der Waals surface area (Å²) in [6, 6.07) is 0. The van der Waals surface area contributed by atoms with Crippen molar-refractivity contribution in [2.75, 3.05) is 0 Å². The highest BCUT2D eigenvalue weighted by Crippen LogP contribution is 2.22. The monoisotopic (exact) mass is 138 g/mol. The van der Waals surface area contributed by atoms with Crippen LogP contribution >= 0.6 is 0 Å². The average molecular weight is 138 g/mol. The Morgan fingerprint density at radius 3 is 2.70 bits per heavy atom. The number of carbonyl (C=O) groups is 1. The highest BCUT2D eigenvalue weighted by molar-refractivity contribution is 5.90. The minimum Gasteiger partial charge on any atom is -0.295 e. The fourth-order valence-electron chi connectivity index (χ4n) is 1.27. The van der Waals surface area contributed by atoms with Crippen molar-refractivity contribution in [2.24, 2.45) is 11.8 Å². The SMILES string of the molecule is CC(C)C1C=CC(=O)CC1. The van der Waals surface area contributed by atoms with Crippen LogP contribution in [-0.4, -0.2) is 5.78 Å². The Morgan fingerprint density at radius 2 is 2.30 bits per heavy atom. The van der Waals surface area contributed by atoms with Gasteiger partial charge in [-0.1, -0.05) is 19.9 Å². The first-order valence-electron chi connectivity index (χ1n) is 3.91. The maximum atomic E-state index is 10.7. The van der Waals surface area contributed by atoms with E-state index >= 15 is 0 Å². The fourth-order valence-corrected chi connectivity index (χ4v) is 1.27. The van der Waals surface area contributed by atoms with E-state index in [0.29, 0.717) is 11.8 Å². The van der Waals surface area contributed by atoms with Crippen LogP contribution in [0, 0.1) is 11.8 Å². The molecule has 0 aromatic rings. The lowest BCUT2D eigenvalue weighted by atomic mass is 9.86. The van der Waals surface area contributed by atoms with Crippen molar-refractivity contribution in [2.45, 2.75) is 26.7 Å². The molecule has 0 aliphatic heterocycles. The van der Waals surface area contributed by atoms with Crippen molar-refractivity contribution in [1.29, 1.82) is 0 Å². The summed E-state index contributed by atoms with van der Waals surface area (Å²) in [4.78, 5) is 10.7. The van der Waals surface area contributed by atoms with Gasteiger partial charge in [-0.3, -0.25) is 4.79 Å². The molecular formula is C9H14O. The molecule has 0 spiro atoms. The lowest BCUT2D eigenvalue weighted by Crippen LogP contribution is -2.12. The van der Waals surface area contributed by atoms with E-state index in [1.165, 1.54) is 0 Å². The van der Waals surface area contributed by atoms with Crippen LogP contribution in [0.3, 0.4) is 0 Å². The zero-order valence-corrected chi connectivity index (χ0v) is 6.63. The molecule has 0 saturated carbocycles. The van der Waals surface area contributed by atoms with Gasteiger partial charge >= 0.3 is 0 Å². The molecule has 0 saturated heterocycles. The first-order valence-corrected chi connectivity index (χ1v) is 3.91. The van der Waals surface area contributed by atoms with E-state index in [-0.39, 0.29) is 5.78 Å². The Morgan fingerprint density at radius 1 is 1.60 bits per heavy atom. The predicted octanol–water partition coefficient (Wildman–Crippen LogP) is 2.18. The van der Waals surface area contributed by atoms with Crippen LogP contribution < -0.4 is 0 Å². The minimum absolute atomic E-state index is 0.289. The number of hydrogen-bond donors (Lipinski definition) is 0. The van der Waals surface area contributed by atoms with E-state index in [1.807, 2.05) is 0 Å². The summed E-state index contributed by atoms with van der Waals surface area (Å²) < 4.78 is 0. The summed E-state index contributed by atoms with van der Waals surface area (Å²) in [7, 11) is 0. The van der Waals surface area contributed by atoms with Crippen molar-refractivity contribution in [3.8, 4) is 0 Å². The zero-order valence-electron chi connectivity index (χ0n) is 6.63. The number of ketones is 1. The van der Waals surface area contributed by atoms with Gasteiger partial charge in [0.1, 0.15) is 0 Å². The predicted molar refractivity (Wildman–Crippen MR) is 41.7 cm³/mol. The van der Waals surface area contributed by atoms with Gasteiger partial charge in [-0.25, -0.2) is 0 Å². The highest BCUT2D eigenvalue weighted by atomic mass is 16.1. The molecule has 0 aromatic carbocycles. The summed E-state index contributed by atoms with van der Waals surface area (Å²) in [6.45, 7) is 4.40. The van der Waals surface area contributed by atoms with Gasteiger partial charge in [0.25, 0.3) is 0 Å². The van der Waals surface area contributed by atoms with E-state index in [0.717, 1.165) is 12.8 Å². The highest BCUT2D eigenvalue weighted by Gasteiger charge is 2.15. The summed E-state index contributed by atoms with van der Waals surface area (Å²) in [5.41, 5.74) is 0. The largest absolute Gasteiger partial charge is 0.295 e. The standard InChI is InChI=1S/C9H14O/c1-7(2)8-3-5-9(10)6-4-8/h3,5,7-8H,4,6H2,1-2H3. The molecule has 0 radical (unpaired) electrons. The third-order valence-electron chi connectivity index (χ3n) is 2.11. The van der Waals surface area contributed by atoms with Crippen LogP contribution in [0.2, 0.25) is 0 Å². The lowest BCUT2D eigenvalue weighted by Gasteiger charge is -2.18. The Bertz CT molecular complexity index is 156. The number of carbonyl (C=O) groups excluding carboxylic acids is 1. The molecule has 10 heavy (non-hydrogen) atoms. The van der Waals surface area contributed by atoms with Gasteiger partial charge in [-0.15, -0.1) is 0 Å². The summed E-state index contributed by atoms with van der Waals surface area (Å²) in [5.74, 6) is 1.61. The maximum absolute atomic E-state index is 10.7. The van der Waals surface area contributed by atoms with Gasteiger partial charge in [0.2, 0.25) is 0 Å². The van der Waals surface area contributed by atoms with Gasteiger partial charge in [0.15, 0.2) is 5.78 Å². The fraction of sp³-hybridized carbons (Fsp3) is 0.667. The normalized spacial score (nSPS) is 25.9. The van der Waals surface area contributed by atoms with Gasteiger partial charge in [0, 0.05) is 6.42 Å². The number of rotatable bonds is 1. The first-order chi connectivity index (χ1) is 4.70. The molecule has 0 aromatic heterocycles. The second kappa shape index (κ2) is 3.00. The molecule has 1 aliphatic rings. The molecule has 1 atom stereocenters.